The van der Waals surface area contributed by atoms with Gasteiger partial charge in [0.1, 0.15) is 13.2 Å². The van der Waals surface area contributed by atoms with Crippen LogP contribution in [0.4, 0.5) is 0 Å². The Hall–Kier alpha value is -4.45. The normalized spacial score (nSPS) is 13.0. The summed E-state index contributed by atoms with van der Waals surface area (Å²) in [7, 11) is 0. The molecule has 0 bridgehead atoms. The molecule has 0 aromatic rings. The molecule has 0 aliphatic carbocycles. The molecule has 6 nitrogen and oxygen atoms in total. The maximum absolute atomic E-state index is 13.0. The molecule has 0 N–H and O–H groups in total. The number of unbranched alkanes of at least 4 members (excludes halogenated alkanes) is 29. The minimum Gasteiger partial charge on any atom is -0.462 e. The van der Waals surface area contributed by atoms with Crippen LogP contribution in [0.3, 0.4) is 0 Å². The van der Waals surface area contributed by atoms with Crippen molar-refractivity contribution in [3.8, 4) is 0 Å². The van der Waals surface area contributed by atoms with Gasteiger partial charge in [-0.3, -0.25) is 14.4 Å². The van der Waals surface area contributed by atoms with Gasteiger partial charge in [0, 0.05) is 19.3 Å². The van der Waals surface area contributed by atoms with Crippen LogP contribution in [0, 0.1) is 0 Å². The van der Waals surface area contributed by atoms with Crippen molar-refractivity contribution in [2.45, 2.75) is 322 Å². The van der Waals surface area contributed by atoms with Gasteiger partial charge >= 0.3 is 17.9 Å². The van der Waals surface area contributed by atoms with E-state index in [1.54, 1.807) is 0 Å². The summed E-state index contributed by atoms with van der Waals surface area (Å²) in [5.41, 5.74) is 0. The van der Waals surface area contributed by atoms with E-state index < -0.39 is 6.10 Å². The molecule has 0 saturated heterocycles. The minimum absolute atomic E-state index is 0.0984. The zero-order valence-electron chi connectivity index (χ0n) is 54.2. The zero-order chi connectivity index (χ0) is 59.9. The molecule has 472 valence electrons. The number of carbonyl (C=O) groups is 3. The number of ether oxygens (including phenoxy) is 3. The van der Waals surface area contributed by atoms with Crippen molar-refractivity contribution in [1.82, 2.24) is 0 Å². The van der Waals surface area contributed by atoms with Crippen LogP contribution in [0.15, 0.2) is 134 Å². The second-order valence-electron chi connectivity index (χ2n) is 22.7. The van der Waals surface area contributed by atoms with E-state index in [0.717, 1.165) is 128 Å². The molecule has 0 fully saturated rings. The molecule has 0 radical (unpaired) electrons. The second kappa shape index (κ2) is 70.0. The van der Waals surface area contributed by atoms with E-state index in [1.165, 1.54) is 141 Å². The number of esters is 3. The third kappa shape index (κ3) is 68.2. The molecule has 0 aliphatic heterocycles. The van der Waals surface area contributed by atoms with Crippen LogP contribution < -0.4 is 0 Å². The first kappa shape index (κ1) is 78.5. The molecule has 0 rings (SSSR count). The van der Waals surface area contributed by atoms with Gasteiger partial charge in [-0.25, -0.2) is 0 Å². The van der Waals surface area contributed by atoms with Crippen LogP contribution in [0.5, 0.6) is 0 Å². The van der Waals surface area contributed by atoms with Gasteiger partial charge in [0.25, 0.3) is 0 Å². The van der Waals surface area contributed by atoms with E-state index >= 15 is 0 Å². The van der Waals surface area contributed by atoms with Crippen molar-refractivity contribution in [2.75, 3.05) is 13.2 Å². The van der Waals surface area contributed by atoms with Gasteiger partial charge in [0.2, 0.25) is 0 Å². The Morgan fingerprint density at radius 2 is 0.470 bits per heavy atom. The molecule has 6 heteroatoms. The maximum atomic E-state index is 13.0. The monoisotopic (exact) mass is 1150 g/mol. The van der Waals surface area contributed by atoms with Crippen molar-refractivity contribution in [2.24, 2.45) is 0 Å². The number of hydrogen-bond donors (Lipinski definition) is 0. The maximum Gasteiger partial charge on any atom is 0.306 e. The summed E-state index contributed by atoms with van der Waals surface area (Å²) in [5, 5.41) is 0. The van der Waals surface area contributed by atoms with Gasteiger partial charge in [-0.1, -0.05) is 309 Å². The Kier molecular flexibility index (Phi) is 66.3. The van der Waals surface area contributed by atoms with Gasteiger partial charge in [-0.05, 0) is 122 Å². The Labute approximate surface area is 513 Å². The fraction of sp³-hybridized carbons (Fsp3) is 0.675. The van der Waals surface area contributed by atoms with E-state index in [9.17, 15) is 14.4 Å². The van der Waals surface area contributed by atoms with Crippen LogP contribution >= 0.6 is 0 Å². The second-order valence-corrected chi connectivity index (χ2v) is 22.7. The Bertz CT molecular complexity index is 1750. The molecule has 83 heavy (non-hydrogen) atoms. The van der Waals surface area contributed by atoms with Crippen LogP contribution in [0.2, 0.25) is 0 Å². The summed E-state index contributed by atoms with van der Waals surface area (Å²) >= 11 is 0. The summed E-state index contributed by atoms with van der Waals surface area (Å²) in [6.07, 6.45) is 98.9. The molecule has 0 spiro atoms. The highest BCUT2D eigenvalue weighted by molar-refractivity contribution is 5.71. The number of carbonyl (C=O) groups excluding carboxylic acids is 3. The van der Waals surface area contributed by atoms with E-state index in [1.807, 2.05) is 0 Å². The first-order valence-corrected chi connectivity index (χ1v) is 34.7. The summed E-state index contributed by atoms with van der Waals surface area (Å²) in [6.45, 7) is 6.50. The van der Waals surface area contributed by atoms with Gasteiger partial charge in [0.15, 0.2) is 6.10 Å². The lowest BCUT2D eigenvalue weighted by Gasteiger charge is -2.18. The van der Waals surface area contributed by atoms with Crippen molar-refractivity contribution in [1.29, 1.82) is 0 Å². The van der Waals surface area contributed by atoms with Crippen LogP contribution in [-0.2, 0) is 28.6 Å². The third-order valence-electron chi connectivity index (χ3n) is 14.6. The fourth-order valence-corrected chi connectivity index (χ4v) is 9.47. The average molecular weight is 1150 g/mol. The molecule has 0 saturated carbocycles. The molecule has 0 heterocycles. The highest BCUT2D eigenvalue weighted by Gasteiger charge is 2.19. The van der Waals surface area contributed by atoms with Crippen molar-refractivity contribution < 1.29 is 28.6 Å². The first-order valence-electron chi connectivity index (χ1n) is 34.7. The molecule has 0 aromatic carbocycles. The fourth-order valence-electron chi connectivity index (χ4n) is 9.47. The molecular weight excluding hydrogens is 1020 g/mol. The lowest BCUT2D eigenvalue weighted by molar-refractivity contribution is -0.167. The Morgan fingerprint density at radius 1 is 0.253 bits per heavy atom. The van der Waals surface area contributed by atoms with E-state index in [2.05, 4.69) is 154 Å². The highest BCUT2D eigenvalue weighted by Crippen LogP contribution is 2.16. The Morgan fingerprint density at radius 3 is 0.759 bits per heavy atom. The van der Waals surface area contributed by atoms with E-state index in [4.69, 9.17) is 14.2 Å². The first-order chi connectivity index (χ1) is 41.0. The SMILES string of the molecule is CC/C=C\C/C=C\C/C=C\C/C=C\C/C=C\C/C=C\C/C=C\C/C=C\CCCCC(=O)OCC(COC(=O)CCCCCCCCCCCCCCCCCCC)OC(=O)CCCCCCCC/C=C\C/C=C\C/C=C\CCCCCCC. The van der Waals surface area contributed by atoms with Crippen molar-refractivity contribution >= 4 is 17.9 Å². The quantitative estimate of drug-likeness (QED) is 0.0261. The summed E-state index contributed by atoms with van der Waals surface area (Å²) in [5.74, 6) is -0.948. The molecular formula is C77H128O6. The van der Waals surface area contributed by atoms with Crippen molar-refractivity contribution in [3.05, 3.63) is 134 Å². The largest absolute Gasteiger partial charge is 0.462 e. The Balaban J connectivity index is 4.49. The average Bonchev–Trinajstić information content (AvgIpc) is 3.49. The van der Waals surface area contributed by atoms with Gasteiger partial charge in [-0.15, -0.1) is 0 Å². The third-order valence-corrected chi connectivity index (χ3v) is 14.6. The van der Waals surface area contributed by atoms with Gasteiger partial charge in [-0.2, -0.15) is 0 Å². The van der Waals surface area contributed by atoms with Crippen molar-refractivity contribution in [3.63, 3.8) is 0 Å². The van der Waals surface area contributed by atoms with Crippen LogP contribution in [-0.4, -0.2) is 37.2 Å². The molecule has 0 aromatic heterocycles. The predicted octanol–water partition coefficient (Wildman–Crippen LogP) is 24.1. The molecule has 1 unspecified atom stereocenters. The van der Waals surface area contributed by atoms with E-state index in [0.29, 0.717) is 25.7 Å². The van der Waals surface area contributed by atoms with Crippen LogP contribution in [0.1, 0.15) is 316 Å². The molecule has 0 amide bonds. The van der Waals surface area contributed by atoms with Crippen LogP contribution in [0.25, 0.3) is 0 Å². The van der Waals surface area contributed by atoms with E-state index in [-0.39, 0.29) is 31.1 Å². The van der Waals surface area contributed by atoms with Gasteiger partial charge < -0.3 is 14.2 Å². The lowest BCUT2D eigenvalue weighted by atomic mass is 10.0. The zero-order valence-corrected chi connectivity index (χ0v) is 54.2. The summed E-state index contributed by atoms with van der Waals surface area (Å²) < 4.78 is 16.9. The smallest absolute Gasteiger partial charge is 0.306 e. The number of allylic oxidation sites excluding steroid dienone is 22. The molecule has 1 atom stereocenters. The number of hydrogen-bond acceptors (Lipinski definition) is 6. The highest BCUT2D eigenvalue weighted by atomic mass is 16.6. The summed E-state index contributed by atoms with van der Waals surface area (Å²) in [4.78, 5) is 38.4. The lowest BCUT2D eigenvalue weighted by Crippen LogP contribution is -2.30. The van der Waals surface area contributed by atoms with Gasteiger partial charge in [0.05, 0.1) is 0 Å². The summed E-state index contributed by atoms with van der Waals surface area (Å²) in [6, 6.07) is 0. The molecule has 0 aliphatic rings. The number of rotatable bonds is 62. The minimum atomic E-state index is -0.809. The standard InChI is InChI=1S/C77H128O6/c1-4-7-10-13-16-19-22-25-28-31-33-35-36-37-38-39-40-42-43-46-49-52-55-58-61-64-67-70-76(79)82-73-74(72-81-75(78)69-66-63-60-57-54-51-48-45-30-27-24-21-18-15-12-9-6-3)83-77(80)71-68-65-62-59-56-53-50-47-44-41-34-32-29-26-23-20-17-14-11-8-5-2/h7,10,16,19,23,25-26,28,32-35,37-38,40,42,44,46-47,49,55,58,74H,4-6,8-9,11-15,17-18,20-22,24,27,29-31,36,39,41,43,45,48,50-54,56-57,59-73H2,1-3H3/b10-7-,19-16-,26-23-,28-25-,34-32-,35-33-,38-37-,42-40-,47-44-,49-46-,58-55-. The topological polar surface area (TPSA) is 78.9 Å². The predicted molar refractivity (Wildman–Crippen MR) is 362 cm³/mol.